The van der Waals surface area contributed by atoms with Crippen LogP contribution in [0.1, 0.15) is 40.5 Å². The van der Waals surface area contributed by atoms with Gasteiger partial charge < -0.3 is 29.2 Å². The summed E-state index contributed by atoms with van der Waals surface area (Å²) in [5.41, 5.74) is 2.66. The molecule has 2 aliphatic rings. The Bertz CT molecular complexity index is 1490. The highest BCUT2D eigenvalue weighted by atomic mass is 16.5. The van der Waals surface area contributed by atoms with Crippen LogP contribution in [-0.4, -0.2) is 84.2 Å². The van der Waals surface area contributed by atoms with Crippen molar-refractivity contribution in [3.63, 3.8) is 0 Å². The molecule has 2 aromatic heterocycles. The van der Waals surface area contributed by atoms with E-state index in [9.17, 15) is 4.79 Å². The lowest BCUT2D eigenvalue weighted by Crippen LogP contribution is -2.49. The maximum Gasteiger partial charge on any atom is 0.257 e. The number of amides is 1. The summed E-state index contributed by atoms with van der Waals surface area (Å²) in [5, 5.41) is 1.05. The van der Waals surface area contributed by atoms with Crippen molar-refractivity contribution in [2.45, 2.75) is 25.7 Å². The number of aromatic amines is 1. The molecule has 4 aromatic rings. The highest BCUT2D eigenvalue weighted by Gasteiger charge is 2.28. The monoisotopic (exact) mass is 541 g/mol. The standard InChI is InChI=1S/C30H35N7O3/c1-20-5-4-6-24-26(20)33-30(37-13-9-21(10-14-37)27-31-11-12-32-27)34-28(24)35-15-17-36(18-16-35)29(38)23-8-7-22(39-2)19-25(23)40-3/h4-8,11-12,19,21H,9-10,13-18H2,1-3H3,(H,31,32). The predicted molar refractivity (Wildman–Crippen MR) is 155 cm³/mol. The minimum atomic E-state index is -0.0392. The molecule has 2 saturated heterocycles. The molecule has 0 bridgehead atoms. The minimum Gasteiger partial charge on any atom is -0.497 e. The van der Waals surface area contributed by atoms with Crippen LogP contribution in [-0.2, 0) is 0 Å². The summed E-state index contributed by atoms with van der Waals surface area (Å²) < 4.78 is 10.8. The molecule has 2 aliphatic heterocycles. The number of piperazine rings is 1. The second-order valence-electron chi connectivity index (χ2n) is 10.4. The largest absolute Gasteiger partial charge is 0.497 e. The Morgan fingerprint density at radius 3 is 2.45 bits per heavy atom. The number of carbonyl (C=O) groups is 1. The van der Waals surface area contributed by atoms with Crippen LogP contribution in [0.4, 0.5) is 11.8 Å². The first kappa shape index (κ1) is 25.9. The number of nitrogens with one attached hydrogen (secondary N) is 1. The maximum absolute atomic E-state index is 13.4. The van der Waals surface area contributed by atoms with E-state index in [2.05, 4.69) is 44.9 Å². The number of benzene rings is 2. The Morgan fingerprint density at radius 2 is 1.75 bits per heavy atom. The lowest BCUT2D eigenvalue weighted by atomic mass is 9.96. The van der Waals surface area contributed by atoms with Crippen LogP contribution in [0.3, 0.4) is 0 Å². The number of ether oxygens (including phenoxy) is 2. The molecule has 0 saturated carbocycles. The Kier molecular flexibility index (Phi) is 7.15. The first-order valence-electron chi connectivity index (χ1n) is 13.8. The molecule has 2 fully saturated rings. The summed E-state index contributed by atoms with van der Waals surface area (Å²) in [6.45, 7) is 6.42. The molecule has 208 valence electrons. The SMILES string of the molecule is COc1ccc(C(=O)N2CCN(c3nc(N4CCC(c5ncc[nH]5)CC4)nc4c(C)cccc34)CC2)c(OC)c1. The first-order valence-corrected chi connectivity index (χ1v) is 13.8. The maximum atomic E-state index is 13.4. The Hall–Kier alpha value is -4.34. The van der Waals surface area contributed by atoms with Crippen LogP contribution in [0.15, 0.2) is 48.8 Å². The van der Waals surface area contributed by atoms with Gasteiger partial charge in [-0.1, -0.05) is 12.1 Å². The van der Waals surface area contributed by atoms with Crippen LogP contribution in [0, 0.1) is 6.92 Å². The van der Waals surface area contributed by atoms with Crippen LogP contribution in [0.25, 0.3) is 10.9 Å². The number of piperidine rings is 1. The molecule has 0 spiro atoms. The Morgan fingerprint density at radius 1 is 0.950 bits per heavy atom. The number of anilines is 2. The second kappa shape index (κ2) is 11.0. The number of aromatic nitrogens is 4. The number of imidazole rings is 1. The predicted octanol–water partition coefficient (Wildman–Crippen LogP) is 4.02. The lowest BCUT2D eigenvalue weighted by Gasteiger charge is -2.37. The van der Waals surface area contributed by atoms with E-state index in [1.807, 2.05) is 17.3 Å². The van der Waals surface area contributed by atoms with Crippen LogP contribution in [0.2, 0.25) is 0 Å². The molecule has 6 rings (SSSR count). The normalized spacial score (nSPS) is 16.4. The molecule has 40 heavy (non-hydrogen) atoms. The van der Waals surface area contributed by atoms with Gasteiger partial charge >= 0.3 is 0 Å². The zero-order valence-corrected chi connectivity index (χ0v) is 23.3. The summed E-state index contributed by atoms with van der Waals surface area (Å²) >= 11 is 0. The molecule has 1 amide bonds. The molecule has 0 atom stereocenters. The minimum absolute atomic E-state index is 0.0392. The van der Waals surface area contributed by atoms with Crippen molar-refractivity contribution in [3.8, 4) is 11.5 Å². The number of para-hydroxylation sites is 1. The average molecular weight is 542 g/mol. The molecule has 2 aromatic carbocycles. The summed E-state index contributed by atoms with van der Waals surface area (Å²) in [6, 6.07) is 11.6. The zero-order chi connectivity index (χ0) is 27.6. The van der Waals surface area contributed by atoms with E-state index in [4.69, 9.17) is 19.4 Å². The Labute approximate surface area is 233 Å². The van der Waals surface area contributed by atoms with Gasteiger partial charge in [0.05, 0.1) is 25.3 Å². The number of nitrogens with zero attached hydrogens (tertiary/aromatic N) is 6. The van der Waals surface area contributed by atoms with Gasteiger partial charge in [-0.2, -0.15) is 4.98 Å². The van der Waals surface area contributed by atoms with Gasteiger partial charge in [0.15, 0.2) is 0 Å². The number of rotatable bonds is 6. The van der Waals surface area contributed by atoms with Crippen LogP contribution in [0.5, 0.6) is 11.5 Å². The van der Waals surface area contributed by atoms with Crippen molar-refractivity contribution >= 4 is 28.6 Å². The number of hydrogen-bond acceptors (Lipinski definition) is 8. The molecule has 0 unspecified atom stereocenters. The van der Waals surface area contributed by atoms with Crippen LogP contribution >= 0.6 is 0 Å². The summed E-state index contributed by atoms with van der Waals surface area (Å²) in [7, 11) is 3.17. The fraction of sp³-hybridized carbons (Fsp3) is 0.400. The third kappa shape index (κ3) is 4.89. The van der Waals surface area contributed by atoms with Gasteiger partial charge in [0.25, 0.3) is 5.91 Å². The second-order valence-corrected chi connectivity index (χ2v) is 10.4. The van der Waals surface area contributed by atoms with Crippen molar-refractivity contribution in [1.29, 1.82) is 0 Å². The Balaban J connectivity index is 1.22. The van der Waals surface area contributed by atoms with E-state index in [-0.39, 0.29) is 5.91 Å². The van der Waals surface area contributed by atoms with Gasteiger partial charge in [0.2, 0.25) is 5.95 Å². The average Bonchev–Trinajstić information content (AvgIpc) is 3.56. The zero-order valence-electron chi connectivity index (χ0n) is 23.3. The molecule has 0 aliphatic carbocycles. The van der Waals surface area contributed by atoms with Crippen molar-refractivity contribution < 1.29 is 14.3 Å². The van der Waals surface area contributed by atoms with Crippen molar-refractivity contribution in [1.82, 2.24) is 24.8 Å². The van der Waals surface area contributed by atoms with Gasteiger partial charge in [-0.3, -0.25) is 4.79 Å². The molecule has 1 N–H and O–H groups in total. The lowest BCUT2D eigenvalue weighted by molar-refractivity contribution is 0.0743. The van der Waals surface area contributed by atoms with Crippen LogP contribution < -0.4 is 19.3 Å². The van der Waals surface area contributed by atoms with Crippen molar-refractivity contribution in [3.05, 3.63) is 65.7 Å². The highest BCUT2D eigenvalue weighted by Crippen LogP contribution is 2.33. The summed E-state index contributed by atoms with van der Waals surface area (Å²) in [4.78, 5) is 37.8. The summed E-state index contributed by atoms with van der Waals surface area (Å²) in [6.07, 6.45) is 5.73. The number of H-pyrrole nitrogens is 1. The molecule has 10 heteroatoms. The van der Waals surface area contributed by atoms with E-state index in [1.165, 1.54) is 0 Å². The number of carbonyl (C=O) groups excluding carboxylic acids is 1. The van der Waals surface area contributed by atoms with E-state index >= 15 is 0 Å². The van der Waals surface area contributed by atoms with Gasteiger partial charge in [0.1, 0.15) is 23.1 Å². The van der Waals surface area contributed by atoms with Crippen molar-refractivity contribution in [2.24, 2.45) is 0 Å². The highest BCUT2D eigenvalue weighted by molar-refractivity contribution is 5.97. The third-order valence-electron chi connectivity index (χ3n) is 8.09. The van der Waals surface area contributed by atoms with Crippen molar-refractivity contribution in [2.75, 3.05) is 63.3 Å². The molecular formula is C30H35N7O3. The topological polar surface area (TPSA) is 99.7 Å². The number of fused-ring (bicyclic) bond motifs is 1. The quantitative estimate of drug-likeness (QED) is 0.391. The van der Waals surface area contributed by atoms with E-state index in [1.54, 1.807) is 32.4 Å². The van der Waals surface area contributed by atoms with E-state index in [0.29, 0.717) is 49.2 Å². The fourth-order valence-corrected chi connectivity index (χ4v) is 5.77. The molecule has 0 radical (unpaired) electrons. The van der Waals surface area contributed by atoms with Gasteiger partial charge in [0, 0.05) is 69.0 Å². The number of methoxy groups -OCH3 is 2. The van der Waals surface area contributed by atoms with E-state index in [0.717, 1.165) is 60.0 Å². The van der Waals surface area contributed by atoms with Gasteiger partial charge in [-0.25, -0.2) is 9.97 Å². The smallest absolute Gasteiger partial charge is 0.257 e. The van der Waals surface area contributed by atoms with Gasteiger partial charge in [-0.15, -0.1) is 0 Å². The molecular weight excluding hydrogens is 506 g/mol. The number of aryl methyl sites for hydroxylation is 1. The summed E-state index contributed by atoms with van der Waals surface area (Å²) in [5.74, 6) is 4.35. The third-order valence-corrected chi connectivity index (χ3v) is 8.09. The number of hydrogen-bond donors (Lipinski definition) is 1. The molecule has 4 heterocycles. The molecule has 10 nitrogen and oxygen atoms in total. The fourth-order valence-electron chi connectivity index (χ4n) is 5.77. The van der Waals surface area contributed by atoms with Gasteiger partial charge in [-0.05, 0) is 43.5 Å². The first-order chi connectivity index (χ1) is 19.6. The van der Waals surface area contributed by atoms with E-state index < -0.39 is 0 Å².